The maximum atomic E-state index is 12.5. The van der Waals surface area contributed by atoms with E-state index < -0.39 is 29.5 Å². The zero-order chi connectivity index (χ0) is 14.1. The normalized spacial score (nSPS) is 14.7. The van der Waals surface area contributed by atoms with Crippen molar-refractivity contribution in [2.75, 3.05) is 0 Å². The standard InChI is InChI=1S/C10H10F6N2/c1-5(18-17)6-2-7(9(11,12)13)4-8(3-6)10(14,15)16/h2-5,18H,17H2,1H3/t5-/m0/s1. The molecule has 1 aromatic carbocycles. The first-order chi connectivity index (χ1) is 8.05. The molecular weight excluding hydrogens is 262 g/mol. The topological polar surface area (TPSA) is 38.0 Å². The van der Waals surface area contributed by atoms with E-state index in [1.54, 1.807) is 0 Å². The predicted octanol–water partition coefficient (Wildman–Crippen LogP) is 3.25. The largest absolute Gasteiger partial charge is 0.416 e. The minimum atomic E-state index is -4.84. The van der Waals surface area contributed by atoms with Gasteiger partial charge in [-0.1, -0.05) is 0 Å². The van der Waals surface area contributed by atoms with Gasteiger partial charge in [-0.25, -0.2) is 0 Å². The van der Waals surface area contributed by atoms with Crippen molar-refractivity contribution in [3.63, 3.8) is 0 Å². The number of hydrogen-bond acceptors (Lipinski definition) is 2. The van der Waals surface area contributed by atoms with Crippen LogP contribution in [0.5, 0.6) is 0 Å². The van der Waals surface area contributed by atoms with Crippen molar-refractivity contribution in [2.24, 2.45) is 5.84 Å². The van der Waals surface area contributed by atoms with Crippen LogP contribution in [0.3, 0.4) is 0 Å². The molecule has 0 spiro atoms. The summed E-state index contributed by atoms with van der Waals surface area (Å²) in [5.74, 6) is 5.01. The molecule has 0 amide bonds. The van der Waals surface area contributed by atoms with E-state index in [0.29, 0.717) is 12.1 Å². The molecule has 3 N–H and O–H groups in total. The third kappa shape index (κ3) is 3.36. The number of hydrogen-bond donors (Lipinski definition) is 2. The van der Waals surface area contributed by atoms with Gasteiger partial charge in [0, 0.05) is 6.04 Å². The monoisotopic (exact) mass is 272 g/mol. The molecule has 18 heavy (non-hydrogen) atoms. The molecule has 1 atom stereocenters. The predicted molar refractivity (Wildman–Crippen MR) is 52.2 cm³/mol. The van der Waals surface area contributed by atoms with Crippen molar-refractivity contribution in [2.45, 2.75) is 25.3 Å². The van der Waals surface area contributed by atoms with E-state index in [4.69, 9.17) is 5.84 Å². The summed E-state index contributed by atoms with van der Waals surface area (Å²) >= 11 is 0. The van der Waals surface area contributed by atoms with E-state index in [1.165, 1.54) is 6.92 Å². The van der Waals surface area contributed by atoms with Crippen LogP contribution in [0.2, 0.25) is 0 Å². The van der Waals surface area contributed by atoms with Gasteiger partial charge in [-0.3, -0.25) is 11.3 Å². The highest BCUT2D eigenvalue weighted by molar-refractivity contribution is 5.35. The SMILES string of the molecule is C[C@H](NN)c1cc(C(F)(F)F)cc(C(F)(F)F)c1. The highest BCUT2D eigenvalue weighted by Gasteiger charge is 2.37. The summed E-state index contributed by atoms with van der Waals surface area (Å²) in [7, 11) is 0. The molecule has 0 saturated heterocycles. The van der Waals surface area contributed by atoms with Gasteiger partial charge in [0.15, 0.2) is 0 Å². The summed E-state index contributed by atoms with van der Waals surface area (Å²) in [5, 5.41) is 0. The Morgan fingerprint density at radius 1 is 0.944 bits per heavy atom. The number of nitrogens with two attached hydrogens (primary N) is 1. The lowest BCUT2D eigenvalue weighted by molar-refractivity contribution is -0.143. The molecule has 0 radical (unpaired) electrons. The quantitative estimate of drug-likeness (QED) is 0.492. The summed E-state index contributed by atoms with van der Waals surface area (Å²) in [4.78, 5) is 0. The molecule has 0 unspecified atom stereocenters. The van der Waals surface area contributed by atoms with Crippen molar-refractivity contribution in [3.8, 4) is 0 Å². The fourth-order valence-electron chi connectivity index (χ4n) is 1.33. The van der Waals surface area contributed by atoms with Crippen molar-refractivity contribution >= 4 is 0 Å². The van der Waals surface area contributed by atoms with Crippen molar-refractivity contribution < 1.29 is 26.3 Å². The van der Waals surface area contributed by atoms with Crippen LogP contribution in [0.1, 0.15) is 29.7 Å². The lowest BCUT2D eigenvalue weighted by Gasteiger charge is -2.17. The van der Waals surface area contributed by atoms with Crippen molar-refractivity contribution in [3.05, 3.63) is 34.9 Å². The smallest absolute Gasteiger partial charge is 0.271 e. The van der Waals surface area contributed by atoms with Crippen LogP contribution in [0.15, 0.2) is 18.2 Å². The molecule has 0 fully saturated rings. The molecule has 102 valence electrons. The van der Waals surface area contributed by atoms with Gasteiger partial charge in [-0.05, 0) is 30.7 Å². The third-order valence-electron chi connectivity index (χ3n) is 2.36. The fourth-order valence-corrected chi connectivity index (χ4v) is 1.33. The Bertz CT molecular complexity index is 391. The number of rotatable bonds is 2. The zero-order valence-corrected chi connectivity index (χ0v) is 9.15. The minimum absolute atomic E-state index is 0.0761. The number of nitrogens with one attached hydrogen (secondary N) is 1. The number of benzene rings is 1. The van der Waals surface area contributed by atoms with Gasteiger partial charge in [0.25, 0.3) is 0 Å². The van der Waals surface area contributed by atoms with Crippen LogP contribution in [0.25, 0.3) is 0 Å². The first kappa shape index (κ1) is 14.8. The van der Waals surface area contributed by atoms with Gasteiger partial charge in [0.05, 0.1) is 11.1 Å². The van der Waals surface area contributed by atoms with Crippen LogP contribution in [0, 0.1) is 0 Å². The zero-order valence-electron chi connectivity index (χ0n) is 9.15. The van der Waals surface area contributed by atoms with Crippen LogP contribution < -0.4 is 11.3 Å². The summed E-state index contributed by atoms with van der Waals surface area (Å²) in [6.07, 6.45) is -9.69. The van der Waals surface area contributed by atoms with E-state index in [-0.39, 0.29) is 11.6 Å². The molecule has 1 aromatic rings. The molecule has 0 aromatic heterocycles. The second-order valence-electron chi connectivity index (χ2n) is 3.73. The summed E-state index contributed by atoms with van der Waals surface area (Å²) in [6.45, 7) is 1.36. The molecular formula is C10H10F6N2. The fraction of sp³-hybridized carbons (Fsp3) is 0.400. The first-order valence-corrected chi connectivity index (χ1v) is 4.81. The van der Waals surface area contributed by atoms with Gasteiger partial charge < -0.3 is 0 Å². The van der Waals surface area contributed by atoms with Crippen molar-refractivity contribution in [1.82, 2.24) is 5.43 Å². The molecule has 0 heterocycles. The van der Waals surface area contributed by atoms with E-state index in [1.807, 2.05) is 0 Å². The second kappa shape index (κ2) is 4.77. The molecule has 0 aliphatic carbocycles. The van der Waals surface area contributed by atoms with Crippen LogP contribution in [0.4, 0.5) is 26.3 Å². The van der Waals surface area contributed by atoms with Crippen molar-refractivity contribution in [1.29, 1.82) is 0 Å². The number of halogens is 6. The lowest BCUT2D eigenvalue weighted by atomic mass is 10.0. The molecule has 0 bridgehead atoms. The molecule has 2 nitrogen and oxygen atoms in total. The first-order valence-electron chi connectivity index (χ1n) is 4.81. The highest BCUT2D eigenvalue weighted by Crippen LogP contribution is 2.37. The van der Waals surface area contributed by atoms with E-state index in [0.717, 1.165) is 0 Å². The Morgan fingerprint density at radius 3 is 1.61 bits per heavy atom. The Balaban J connectivity index is 3.39. The highest BCUT2D eigenvalue weighted by atomic mass is 19.4. The van der Waals surface area contributed by atoms with Gasteiger partial charge in [-0.15, -0.1) is 0 Å². The number of hydrazine groups is 1. The summed E-state index contributed by atoms with van der Waals surface area (Å²) in [5.41, 5.74) is -0.782. The molecule has 8 heteroatoms. The third-order valence-corrected chi connectivity index (χ3v) is 2.36. The Labute approximate surface area is 98.7 Å². The average Bonchev–Trinajstić information content (AvgIpc) is 2.25. The van der Waals surface area contributed by atoms with Gasteiger partial charge in [0.2, 0.25) is 0 Å². The summed E-state index contributed by atoms with van der Waals surface area (Å²) in [6, 6.07) is 0.528. The Morgan fingerprint density at radius 2 is 1.33 bits per heavy atom. The minimum Gasteiger partial charge on any atom is -0.271 e. The molecule has 1 rings (SSSR count). The van der Waals surface area contributed by atoms with Crippen LogP contribution >= 0.6 is 0 Å². The summed E-state index contributed by atoms with van der Waals surface area (Å²) < 4.78 is 74.9. The molecule has 0 aliphatic heterocycles. The second-order valence-corrected chi connectivity index (χ2v) is 3.73. The molecule has 0 aliphatic rings. The van der Waals surface area contributed by atoms with E-state index >= 15 is 0 Å². The molecule has 0 saturated carbocycles. The maximum Gasteiger partial charge on any atom is 0.416 e. The lowest BCUT2D eigenvalue weighted by Crippen LogP contribution is -2.26. The van der Waals surface area contributed by atoms with Gasteiger partial charge in [0.1, 0.15) is 0 Å². The Hall–Kier alpha value is -1.28. The average molecular weight is 272 g/mol. The van der Waals surface area contributed by atoms with E-state index in [2.05, 4.69) is 5.43 Å². The van der Waals surface area contributed by atoms with Crippen LogP contribution in [-0.4, -0.2) is 0 Å². The van der Waals surface area contributed by atoms with Gasteiger partial charge >= 0.3 is 12.4 Å². The van der Waals surface area contributed by atoms with Crippen LogP contribution in [-0.2, 0) is 12.4 Å². The number of alkyl halides is 6. The van der Waals surface area contributed by atoms with E-state index in [9.17, 15) is 26.3 Å². The van der Waals surface area contributed by atoms with Gasteiger partial charge in [-0.2, -0.15) is 26.3 Å². The Kier molecular flexibility index (Phi) is 3.92. The maximum absolute atomic E-state index is 12.5.